The highest BCUT2D eigenvalue weighted by atomic mass is 32.1. The lowest BCUT2D eigenvalue weighted by atomic mass is 10.2. The third kappa shape index (κ3) is 3.03. The lowest BCUT2D eigenvalue weighted by Crippen LogP contribution is -1.94. The van der Waals surface area contributed by atoms with Crippen LogP contribution in [0.3, 0.4) is 0 Å². The Kier molecular flexibility index (Phi) is 3.30. The largest absolute Gasteiger partial charge is 0.489 e. The third-order valence-corrected chi connectivity index (χ3v) is 2.38. The predicted molar refractivity (Wildman–Crippen MR) is 64.5 cm³/mol. The molecule has 0 aromatic heterocycles. The van der Waals surface area contributed by atoms with Crippen LogP contribution in [0.4, 0.5) is 0 Å². The number of benzene rings is 2. The summed E-state index contributed by atoms with van der Waals surface area (Å²) < 4.78 is 5.61. The molecule has 2 aromatic rings. The highest BCUT2D eigenvalue weighted by Gasteiger charge is 1.94. The van der Waals surface area contributed by atoms with E-state index in [1.54, 1.807) is 0 Å². The van der Waals surface area contributed by atoms with Gasteiger partial charge in [-0.2, -0.15) is 0 Å². The molecule has 2 heteroatoms. The number of para-hydroxylation sites is 1. The zero-order valence-corrected chi connectivity index (χ0v) is 9.15. The van der Waals surface area contributed by atoms with Gasteiger partial charge in [0.05, 0.1) is 0 Å². The average Bonchev–Trinajstić information content (AvgIpc) is 2.30. The van der Waals surface area contributed by atoms with Crippen molar-refractivity contribution in [3.63, 3.8) is 0 Å². The Balaban J connectivity index is 1.96. The van der Waals surface area contributed by atoms with E-state index in [1.165, 1.54) is 0 Å². The molecule has 0 aliphatic carbocycles. The Labute approximate surface area is 95.1 Å². The van der Waals surface area contributed by atoms with Gasteiger partial charge in [0.15, 0.2) is 0 Å². The zero-order chi connectivity index (χ0) is 10.5. The lowest BCUT2D eigenvalue weighted by molar-refractivity contribution is 0.306. The van der Waals surface area contributed by atoms with E-state index in [4.69, 9.17) is 4.74 Å². The van der Waals surface area contributed by atoms with Gasteiger partial charge < -0.3 is 4.74 Å². The van der Waals surface area contributed by atoms with Crippen LogP contribution in [0, 0.1) is 0 Å². The molecular formula is C13H12OS. The normalized spacial score (nSPS) is 9.93. The topological polar surface area (TPSA) is 9.23 Å². The number of hydrogen-bond donors (Lipinski definition) is 1. The molecule has 0 aliphatic rings. The summed E-state index contributed by atoms with van der Waals surface area (Å²) in [5, 5.41) is 0. The Morgan fingerprint density at radius 1 is 0.867 bits per heavy atom. The molecule has 1 nitrogen and oxygen atoms in total. The van der Waals surface area contributed by atoms with Crippen molar-refractivity contribution in [2.24, 2.45) is 0 Å². The SMILES string of the molecule is Sc1ccc(COc2ccccc2)cc1. The van der Waals surface area contributed by atoms with Crippen LogP contribution in [-0.2, 0) is 6.61 Å². The van der Waals surface area contributed by atoms with E-state index >= 15 is 0 Å². The van der Waals surface area contributed by atoms with Crippen molar-refractivity contribution >= 4 is 12.6 Å². The first kappa shape index (κ1) is 10.1. The molecule has 0 fully saturated rings. The molecule has 0 spiro atoms. The molecule has 0 bridgehead atoms. The van der Waals surface area contributed by atoms with Crippen molar-refractivity contribution in [2.45, 2.75) is 11.5 Å². The van der Waals surface area contributed by atoms with Crippen LogP contribution in [0.25, 0.3) is 0 Å². The van der Waals surface area contributed by atoms with Crippen LogP contribution >= 0.6 is 12.6 Å². The maximum Gasteiger partial charge on any atom is 0.119 e. The van der Waals surface area contributed by atoms with Gasteiger partial charge in [0, 0.05) is 4.90 Å². The van der Waals surface area contributed by atoms with Gasteiger partial charge in [0.1, 0.15) is 12.4 Å². The minimum absolute atomic E-state index is 0.595. The van der Waals surface area contributed by atoms with E-state index in [2.05, 4.69) is 12.6 Å². The standard InChI is InChI=1S/C13H12OS/c15-13-8-6-11(7-9-13)10-14-12-4-2-1-3-5-12/h1-9,15H,10H2. The second-order valence-corrected chi connectivity index (χ2v) is 3.78. The second kappa shape index (κ2) is 4.89. The van der Waals surface area contributed by atoms with Crippen LogP contribution in [-0.4, -0.2) is 0 Å². The molecule has 0 N–H and O–H groups in total. The van der Waals surface area contributed by atoms with E-state index in [-0.39, 0.29) is 0 Å². The Morgan fingerprint density at radius 3 is 2.20 bits per heavy atom. The highest BCUT2D eigenvalue weighted by molar-refractivity contribution is 7.80. The first-order valence-corrected chi connectivity index (χ1v) is 5.25. The maximum atomic E-state index is 5.61. The van der Waals surface area contributed by atoms with Gasteiger partial charge >= 0.3 is 0 Å². The first-order valence-electron chi connectivity index (χ1n) is 4.80. The van der Waals surface area contributed by atoms with E-state index in [0.29, 0.717) is 6.61 Å². The minimum atomic E-state index is 0.595. The highest BCUT2D eigenvalue weighted by Crippen LogP contribution is 2.13. The third-order valence-electron chi connectivity index (χ3n) is 2.09. The molecule has 0 saturated heterocycles. The van der Waals surface area contributed by atoms with Crippen molar-refractivity contribution in [3.05, 3.63) is 60.2 Å². The summed E-state index contributed by atoms with van der Waals surface area (Å²) in [5.74, 6) is 0.896. The van der Waals surface area contributed by atoms with Crippen LogP contribution in [0.15, 0.2) is 59.5 Å². The second-order valence-electron chi connectivity index (χ2n) is 3.27. The summed E-state index contributed by atoms with van der Waals surface area (Å²) in [6.45, 7) is 0.595. The molecule has 15 heavy (non-hydrogen) atoms. The molecule has 0 amide bonds. The van der Waals surface area contributed by atoms with Gasteiger partial charge in [0.2, 0.25) is 0 Å². The van der Waals surface area contributed by atoms with E-state index in [9.17, 15) is 0 Å². The Bertz CT molecular complexity index is 408. The molecular weight excluding hydrogens is 204 g/mol. The summed E-state index contributed by atoms with van der Waals surface area (Å²) in [6.07, 6.45) is 0. The fourth-order valence-corrected chi connectivity index (χ4v) is 1.42. The fourth-order valence-electron chi connectivity index (χ4n) is 1.28. The van der Waals surface area contributed by atoms with Crippen molar-refractivity contribution in [1.82, 2.24) is 0 Å². The molecule has 0 unspecified atom stereocenters. The quantitative estimate of drug-likeness (QED) is 0.772. The number of rotatable bonds is 3. The molecule has 0 atom stereocenters. The molecule has 0 aliphatic heterocycles. The number of ether oxygens (including phenoxy) is 1. The van der Waals surface area contributed by atoms with Crippen molar-refractivity contribution < 1.29 is 4.74 Å². The summed E-state index contributed by atoms with van der Waals surface area (Å²) in [6, 6.07) is 17.8. The smallest absolute Gasteiger partial charge is 0.119 e. The predicted octanol–water partition coefficient (Wildman–Crippen LogP) is 3.55. The number of thiol groups is 1. The fraction of sp³-hybridized carbons (Fsp3) is 0.0769. The summed E-state index contributed by atoms with van der Waals surface area (Å²) >= 11 is 4.23. The van der Waals surface area contributed by atoms with Gasteiger partial charge in [-0.05, 0) is 29.8 Å². The van der Waals surface area contributed by atoms with Crippen molar-refractivity contribution in [1.29, 1.82) is 0 Å². The summed E-state index contributed by atoms with van der Waals surface area (Å²) in [5.41, 5.74) is 1.15. The monoisotopic (exact) mass is 216 g/mol. The number of hydrogen-bond acceptors (Lipinski definition) is 2. The molecule has 2 aromatic carbocycles. The lowest BCUT2D eigenvalue weighted by Gasteiger charge is -2.05. The van der Waals surface area contributed by atoms with Gasteiger partial charge in [-0.3, -0.25) is 0 Å². The Morgan fingerprint density at radius 2 is 1.53 bits per heavy atom. The maximum absolute atomic E-state index is 5.61. The minimum Gasteiger partial charge on any atom is -0.489 e. The first-order chi connectivity index (χ1) is 7.34. The van der Waals surface area contributed by atoms with Gasteiger partial charge in [0.25, 0.3) is 0 Å². The zero-order valence-electron chi connectivity index (χ0n) is 8.26. The van der Waals surface area contributed by atoms with Crippen molar-refractivity contribution in [2.75, 3.05) is 0 Å². The molecule has 0 heterocycles. The summed E-state index contributed by atoms with van der Waals surface area (Å²) in [4.78, 5) is 0.971. The van der Waals surface area contributed by atoms with Gasteiger partial charge in [-0.15, -0.1) is 12.6 Å². The Hall–Kier alpha value is -1.41. The molecule has 0 radical (unpaired) electrons. The van der Waals surface area contributed by atoms with Crippen LogP contribution in [0.1, 0.15) is 5.56 Å². The van der Waals surface area contributed by atoms with Crippen molar-refractivity contribution in [3.8, 4) is 5.75 Å². The van der Waals surface area contributed by atoms with E-state index in [1.807, 2.05) is 54.6 Å². The van der Waals surface area contributed by atoms with Gasteiger partial charge in [-0.1, -0.05) is 30.3 Å². The van der Waals surface area contributed by atoms with Crippen LogP contribution in [0.2, 0.25) is 0 Å². The summed E-state index contributed by atoms with van der Waals surface area (Å²) in [7, 11) is 0. The van der Waals surface area contributed by atoms with Crippen LogP contribution in [0.5, 0.6) is 5.75 Å². The van der Waals surface area contributed by atoms with E-state index in [0.717, 1.165) is 16.2 Å². The molecule has 76 valence electrons. The van der Waals surface area contributed by atoms with E-state index < -0.39 is 0 Å². The van der Waals surface area contributed by atoms with Crippen LogP contribution < -0.4 is 4.74 Å². The average molecular weight is 216 g/mol. The van der Waals surface area contributed by atoms with Gasteiger partial charge in [-0.25, -0.2) is 0 Å². The molecule has 0 saturated carbocycles. The molecule has 2 rings (SSSR count).